The standard InChI is InChI=1S/C20H20F3N3O4/c1-12(17(27)26-16(18(28)29)10-13-6-3-2-4-7-13)24-19(30)25-15-9-5-8-14(11-15)20(21,22)23/h2-9,11-12,16H,10H2,1H3,(H,26,27)(H,28,29)(H2,24,25,30)/t12-,16-/m0/s1. The van der Waals surface area contributed by atoms with Gasteiger partial charge in [-0.1, -0.05) is 36.4 Å². The molecule has 0 fully saturated rings. The molecule has 2 aromatic rings. The van der Waals surface area contributed by atoms with Crippen LogP contribution in [0.3, 0.4) is 0 Å². The van der Waals surface area contributed by atoms with Crippen molar-refractivity contribution in [1.29, 1.82) is 0 Å². The fourth-order valence-corrected chi connectivity index (χ4v) is 2.55. The summed E-state index contributed by atoms with van der Waals surface area (Å²) >= 11 is 0. The van der Waals surface area contributed by atoms with Crippen molar-refractivity contribution in [3.63, 3.8) is 0 Å². The van der Waals surface area contributed by atoms with Crippen LogP contribution in [0.4, 0.5) is 23.7 Å². The second-order valence-electron chi connectivity index (χ2n) is 6.49. The Kier molecular flexibility index (Phi) is 7.40. The lowest BCUT2D eigenvalue weighted by Gasteiger charge is -2.19. The molecule has 0 aromatic heterocycles. The third kappa shape index (κ3) is 6.80. The number of carbonyl (C=O) groups is 3. The Balaban J connectivity index is 1.94. The molecule has 7 nitrogen and oxygen atoms in total. The van der Waals surface area contributed by atoms with Crippen molar-refractivity contribution in [1.82, 2.24) is 10.6 Å². The Morgan fingerprint density at radius 3 is 2.27 bits per heavy atom. The van der Waals surface area contributed by atoms with Crippen LogP contribution >= 0.6 is 0 Å². The number of amides is 3. The molecule has 10 heteroatoms. The highest BCUT2D eigenvalue weighted by Crippen LogP contribution is 2.30. The Morgan fingerprint density at radius 1 is 1.00 bits per heavy atom. The summed E-state index contributed by atoms with van der Waals surface area (Å²) in [5, 5.41) is 16.1. The summed E-state index contributed by atoms with van der Waals surface area (Å²) in [5.74, 6) is -2.00. The molecule has 0 unspecified atom stereocenters. The minimum atomic E-state index is -4.56. The van der Waals surface area contributed by atoms with Crippen molar-refractivity contribution in [2.24, 2.45) is 0 Å². The molecule has 0 bridgehead atoms. The quantitative estimate of drug-likeness (QED) is 0.549. The predicted molar refractivity (Wildman–Crippen MR) is 103 cm³/mol. The van der Waals surface area contributed by atoms with Crippen molar-refractivity contribution >= 4 is 23.6 Å². The molecule has 2 aromatic carbocycles. The first-order chi connectivity index (χ1) is 14.1. The third-order valence-electron chi connectivity index (χ3n) is 4.09. The minimum absolute atomic E-state index is 0.0467. The van der Waals surface area contributed by atoms with Gasteiger partial charge in [-0.3, -0.25) is 4.79 Å². The lowest BCUT2D eigenvalue weighted by atomic mass is 10.1. The Labute approximate surface area is 170 Å². The number of hydrogen-bond donors (Lipinski definition) is 4. The highest BCUT2D eigenvalue weighted by Gasteiger charge is 2.30. The van der Waals surface area contributed by atoms with E-state index >= 15 is 0 Å². The average Bonchev–Trinajstić information content (AvgIpc) is 2.67. The fraction of sp³-hybridized carbons (Fsp3) is 0.250. The zero-order valence-corrected chi connectivity index (χ0v) is 15.9. The van der Waals surface area contributed by atoms with E-state index in [1.807, 2.05) is 0 Å². The Hall–Kier alpha value is -3.56. The molecule has 0 aliphatic carbocycles. The van der Waals surface area contributed by atoms with Crippen LogP contribution in [0.1, 0.15) is 18.1 Å². The van der Waals surface area contributed by atoms with Gasteiger partial charge in [0.05, 0.1) is 5.56 Å². The van der Waals surface area contributed by atoms with E-state index in [4.69, 9.17) is 0 Å². The van der Waals surface area contributed by atoms with Gasteiger partial charge in [-0.25, -0.2) is 9.59 Å². The summed E-state index contributed by atoms with van der Waals surface area (Å²) in [6.07, 6.45) is -4.52. The highest BCUT2D eigenvalue weighted by atomic mass is 19.4. The van der Waals surface area contributed by atoms with Crippen molar-refractivity contribution in [3.8, 4) is 0 Å². The number of hydrogen-bond acceptors (Lipinski definition) is 3. The molecule has 0 aliphatic heterocycles. The number of nitrogens with one attached hydrogen (secondary N) is 3. The van der Waals surface area contributed by atoms with E-state index in [0.717, 1.165) is 18.2 Å². The maximum Gasteiger partial charge on any atom is 0.416 e. The second kappa shape index (κ2) is 9.77. The lowest BCUT2D eigenvalue weighted by Crippen LogP contribution is -2.51. The van der Waals surface area contributed by atoms with Gasteiger partial charge in [0.25, 0.3) is 0 Å². The first-order valence-electron chi connectivity index (χ1n) is 8.88. The van der Waals surface area contributed by atoms with Crippen LogP contribution in [0.5, 0.6) is 0 Å². The largest absolute Gasteiger partial charge is 0.480 e. The Bertz CT molecular complexity index is 904. The van der Waals surface area contributed by atoms with Gasteiger partial charge in [0, 0.05) is 12.1 Å². The molecule has 0 spiro atoms. The van der Waals surface area contributed by atoms with E-state index in [1.165, 1.54) is 13.0 Å². The van der Waals surface area contributed by atoms with Gasteiger partial charge in [-0.15, -0.1) is 0 Å². The van der Waals surface area contributed by atoms with E-state index in [-0.39, 0.29) is 12.1 Å². The predicted octanol–water partition coefficient (Wildman–Crippen LogP) is 3.03. The van der Waals surface area contributed by atoms with E-state index < -0.39 is 41.7 Å². The van der Waals surface area contributed by atoms with Crippen LogP contribution < -0.4 is 16.0 Å². The first kappa shape index (κ1) is 22.7. The van der Waals surface area contributed by atoms with Gasteiger partial charge in [0.2, 0.25) is 5.91 Å². The number of carboxylic acids is 1. The Morgan fingerprint density at radius 2 is 1.67 bits per heavy atom. The van der Waals surface area contributed by atoms with Gasteiger partial charge in [0.15, 0.2) is 0 Å². The molecule has 2 atom stereocenters. The van der Waals surface area contributed by atoms with E-state index in [2.05, 4.69) is 16.0 Å². The monoisotopic (exact) mass is 423 g/mol. The van der Waals surface area contributed by atoms with Crippen LogP contribution in [0.25, 0.3) is 0 Å². The molecule has 2 rings (SSSR count). The summed E-state index contributed by atoms with van der Waals surface area (Å²) in [4.78, 5) is 35.7. The fourth-order valence-electron chi connectivity index (χ4n) is 2.55. The molecular formula is C20H20F3N3O4. The maximum atomic E-state index is 12.7. The smallest absolute Gasteiger partial charge is 0.416 e. The average molecular weight is 423 g/mol. The number of urea groups is 1. The van der Waals surface area contributed by atoms with Crippen LogP contribution in [0.2, 0.25) is 0 Å². The molecule has 4 N–H and O–H groups in total. The second-order valence-corrected chi connectivity index (χ2v) is 6.49. The van der Waals surface area contributed by atoms with E-state index in [0.29, 0.717) is 5.56 Å². The molecule has 160 valence electrons. The summed E-state index contributed by atoms with van der Waals surface area (Å²) in [6.45, 7) is 1.32. The van der Waals surface area contributed by atoms with Crippen molar-refractivity contribution in [2.45, 2.75) is 31.6 Å². The molecule has 0 radical (unpaired) electrons. The molecule has 0 saturated heterocycles. The molecule has 3 amide bonds. The van der Waals surface area contributed by atoms with Crippen molar-refractivity contribution in [2.75, 3.05) is 5.32 Å². The van der Waals surface area contributed by atoms with Crippen LogP contribution in [0, 0.1) is 0 Å². The number of carbonyl (C=O) groups excluding carboxylic acids is 2. The zero-order valence-electron chi connectivity index (χ0n) is 15.9. The summed E-state index contributed by atoms with van der Waals surface area (Å²) in [6, 6.07) is 9.43. The maximum absolute atomic E-state index is 12.7. The van der Waals surface area contributed by atoms with Gasteiger partial charge in [-0.2, -0.15) is 13.2 Å². The minimum Gasteiger partial charge on any atom is -0.480 e. The van der Waals surface area contributed by atoms with Crippen molar-refractivity contribution < 1.29 is 32.7 Å². The summed E-state index contributed by atoms with van der Waals surface area (Å²) < 4.78 is 38.2. The molecule has 30 heavy (non-hydrogen) atoms. The summed E-state index contributed by atoms with van der Waals surface area (Å²) in [5.41, 5.74) is -0.341. The zero-order chi connectivity index (χ0) is 22.3. The van der Waals surface area contributed by atoms with E-state index in [1.54, 1.807) is 30.3 Å². The SMILES string of the molecule is C[C@H](NC(=O)Nc1cccc(C(F)(F)F)c1)C(=O)N[C@@H](Cc1ccccc1)C(=O)O. The number of benzene rings is 2. The number of halogens is 3. The van der Waals surface area contributed by atoms with Gasteiger partial charge in [-0.05, 0) is 30.7 Å². The first-order valence-corrected chi connectivity index (χ1v) is 8.88. The summed E-state index contributed by atoms with van der Waals surface area (Å²) in [7, 11) is 0. The number of rotatable bonds is 7. The van der Waals surface area contributed by atoms with Crippen LogP contribution in [-0.4, -0.2) is 35.1 Å². The third-order valence-corrected chi connectivity index (χ3v) is 4.09. The number of alkyl halides is 3. The molecule has 0 aliphatic rings. The highest BCUT2D eigenvalue weighted by molar-refractivity contribution is 5.94. The normalized spacial score (nSPS) is 13.1. The van der Waals surface area contributed by atoms with Crippen LogP contribution in [0.15, 0.2) is 54.6 Å². The molecule has 0 heterocycles. The number of anilines is 1. The lowest BCUT2D eigenvalue weighted by molar-refractivity contribution is -0.142. The van der Waals surface area contributed by atoms with Crippen LogP contribution in [-0.2, 0) is 22.2 Å². The van der Waals surface area contributed by atoms with Crippen molar-refractivity contribution in [3.05, 3.63) is 65.7 Å². The topological polar surface area (TPSA) is 108 Å². The number of aliphatic carboxylic acids is 1. The molecular weight excluding hydrogens is 403 g/mol. The number of carboxylic acid groups (broad SMARTS) is 1. The van der Waals surface area contributed by atoms with Gasteiger partial charge < -0.3 is 21.1 Å². The van der Waals surface area contributed by atoms with E-state index in [9.17, 15) is 32.7 Å². The van der Waals surface area contributed by atoms with Gasteiger partial charge in [0.1, 0.15) is 12.1 Å². The molecule has 0 saturated carbocycles. The van der Waals surface area contributed by atoms with Gasteiger partial charge >= 0.3 is 18.2 Å².